The van der Waals surface area contributed by atoms with Crippen molar-refractivity contribution in [3.8, 4) is 5.88 Å². The van der Waals surface area contributed by atoms with E-state index >= 15 is 0 Å². The van der Waals surface area contributed by atoms with Gasteiger partial charge in [0, 0.05) is 6.07 Å². The normalized spacial score (nSPS) is 9.57. The molecule has 0 spiro atoms. The van der Waals surface area contributed by atoms with Gasteiger partial charge >= 0.3 is 5.97 Å². The van der Waals surface area contributed by atoms with Gasteiger partial charge in [-0.05, 0) is 13.8 Å². The molecule has 14 heavy (non-hydrogen) atoms. The zero-order valence-electron chi connectivity index (χ0n) is 8.19. The molecule has 0 amide bonds. The fourth-order valence-corrected chi connectivity index (χ4v) is 0.883. The highest BCUT2D eigenvalue weighted by molar-refractivity contribution is 5.87. The number of hydrogen-bond acceptors (Lipinski definition) is 5. The molecular formula is C9H12N2O3. The van der Waals surface area contributed by atoms with Gasteiger partial charge in [0.05, 0.1) is 13.2 Å². The Labute approximate surface area is 82.1 Å². The fourth-order valence-electron chi connectivity index (χ4n) is 0.883. The van der Waals surface area contributed by atoms with Crippen molar-refractivity contribution in [1.82, 2.24) is 9.97 Å². The average molecular weight is 196 g/mol. The highest BCUT2D eigenvalue weighted by atomic mass is 16.5. The van der Waals surface area contributed by atoms with Gasteiger partial charge in [-0.3, -0.25) is 0 Å². The summed E-state index contributed by atoms with van der Waals surface area (Å²) in [4.78, 5) is 18.8. The van der Waals surface area contributed by atoms with Crippen molar-refractivity contribution >= 4 is 5.97 Å². The summed E-state index contributed by atoms with van der Waals surface area (Å²) >= 11 is 0. The van der Waals surface area contributed by atoms with Gasteiger partial charge < -0.3 is 9.47 Å². The first-order valence-electron chi connectivity index (χ1n) is 4.39. The van der Waals surface area contributed by atoms with Crippen LogP contribution in [0.3, 0.4) is 0 Å². The first-order chi connectivity index (χ1) is 6.77. The molecule has 0 atom stereocenters. The lowest BCUT2D eigenvalue weighted by atomic mass is 10.4. The van der Waals surface area contributed by atoms with Crippen LogP contribution in [-0.2, 0) is 4.74 Å². The van der Waals surface area contributed by atoms with E-state index in [-0.39, 0.29) is 5.69 Å². The van der Waals surface area contributed by atoms with E-state index in [0.29, 0.717) is 19.1 Å². The molecule has 5 nitrogen and oxygen atoms in total. The Balaban J connectivity index is 2.77. The van der Waals surface area contributed by atoms with Crippen LogP contribution in [0, 0.1) is 0 Å². The summed E-state index contributed by atoms with van der Waals surface area (Å²) in [6, 6.07) is 1.46. The second kappa shape index (κ2) is 5.16. The summed E-state index contributed by atoms with van der Waals surface area (Å²) < 4.78 is 9.89. The van der Waals surface area contributed by atoms with Crippen molar-refractivity contribution in [3.63, 3.8) is 0 Å². The zero-order chi connectivity index (χ0) is 10.4. The average Bonchev–Trinajstić information content (AvgIpc) is 2.19. The van der Waals surface area contributed by atoms with Crippen molar-refractivity contribution in [2.75, 3.05) is 13.2 Å². The monoisotopic (exact) mass is 196 g/mol. The molecule has 0 unspecified atom stereocenters. The Bertz CT molecular complexity index is 315. The minimum Gasteiger partial charge on any atom is -0.478 e. The zero-order valence-corrected chi connectivity index (χ0v) is 8.19. The topological polar surface area (TPSA) is 61.3 Å². The molecule has 76 valence electrons. The lowest BCUT2D eigenvalue weighted by Crippen LogP contribution is -2.08. The first kappa shape index (κ1) is 10.4. The van der Waals surface area contributed by atoms with Gasteiger partial charge in [0.2, 0.25) is 5.88 Å². The molecule has 1 aromatic rings. The van der Waals surface area contributed by atoms with E-state index in [0.717, 1.165) is 0 Å². The van der Waals surface area contributed by atoms with Gasteiger partial charge in [-0.2, -0.15) is 0 Å². The Morgan fingerprint density at radius 3 is 2.79 bits per heavy atom. The minimum atomic E-state index is -0.462. The van der Waals surface area contributed by atoms with Crippen molar-refractivity contribution in [1.29, 1.82) is 0 Å². The van der Waals surface area contributed by atoms with E-state index in [9.17, 15) is 4.79 Å². The van der Waals surface area contributed by atoms with Crippen LogP contribution in [0.25, 0.3) is 0 Å². The molecule has 1 heterocycles. The number of esters is 1. The maximum absolute atomic E-state index is 11.2. The van der Waals surface area contributed by atoms with E-state index < -0.39 is 5.97 Å². The summed E-state index contributed by atoms with van der Waals surface area (Å²) in [5.41, 5.74) is 0.213. The van der Waals surface area contributed by atoms with E-state index in [4.69, 9.17) is 9.47 Å². The first-order valence-corrected chi connectivity index (χ1v) is 4.39. The Morgan fingerprint density at radius 2 is 2.14 bits per heavy atom. The number of hydrogen-bond donors (Lipinski definition) is 0. The van der Waals surface area contributed by atoms with E-state index in [1.165, 1.54) is 12.4 Å². The van der Waals surface area contributed by atoms with E-state index in [1.807, 2.05) is 6.92 Å². The third-order valence-corrected chi connectivity index (χ3v) is 1.42. The predicted octanol–water partition coefficient (Wildman–Crippen LogP) is 1.05. The Kier molecular flexibility index (Phi) is 3.84. The summed E-state index contributed by atoms with van der Waals surface area (Å²) in [6.45, 7) is 4.40. The molecular weight excluding hydrogens is 184 g/mol. The fraction of sp³-hybridized carbons (Fsp3) is 0.444. The minimum absolute atomic E-state index is 0.213. The predicted molar refractivity (Wildman–Crippen MR) is 49.2 cm³/mol. The highest BCUT2D eigenvalue weighted by Gasteiger charge is 2.09. The van der Waals surface area contributed by atoms with Crippen LogP contribution < -0.4 is 4.74 Å². The van der Waals surface area contributed by atoms with Crippen molar-refractivity contribution in [2.24, 2.45) is 0 Å². The second-order valence-corrected chi connectivity index (χ2v) is 2.39. The summed E-state index contributed by atoms with van der Waals surface area (Å²) in [6.07, 6.45) is 1.28. The van der Waals surface area contributed by atoms with Crippen LogP contribution in [0.4, 0.5) is 0 Å². The van der Waals surface area contributed by atoms with Gasteiger partial charge in [0.1, 0.15) is 6.33 Å². The quantitative estimate of drug-likeness (QED) is 0.673. The number of carbonyl (C=O) groups excluding carboxylic acids is 1. The SMILES string of the molecule is CCOC(=O)c1cc(OCC)ncn1. The van der Waals surface area contributed by atoms with Crippen molar-refractivity contribution < 1.29 is 14.3 Å². The molecule has 0 aliphatic carbocycles. The summed E-state index contributed by atoms with van der Waals surface area (Å²) in [7, 11) is 0. The van der Waals surface area contributed by atoms with Crippen LogP contribution in [-0.4, -0.2) is 29.2 Å². The molecule has 0 fully saturated rings. The van der Waals surface area contributed by atoms with Crippen LogP contribution in [0.1, 0.15) is 24.3 Å². The molecule has 0 aliphatic heterocycles. The molecule has 1 aromatic heterocycles. The largest absolute Gasteiger partial charge is 0.478 e. The molecule has 0 saturated heterocycles. The molecule has 0 saturated carbocycles. The highest BCUT2D eigenvalue weighted by Crippen LogP contribution is 2.07. The van der Waals surface area contributed by atoms with E-state index in [1.54, 1.807) is 6.92 Å². The third kappa shape index (κ3) is 2.69. The maximum Gasteiger partial charge on any atom is 0.357 e. The van der Waals surface area contributed by atoms with Gasteiger partial charge in [0.25, 0.3) is 0 Å². The number of ether oxygens (including phenoxy) is 2. The van der Waals surface area contributed by atoms with Gasteiger partial charge in [-0.25, -0.2) is 14.8 Å². The van der Waals surface area contributed by atoms with Crippen molar-refractivity contribution in [2.45, 2.75) is 13.8 Å². The number of nitrogens with zero attached hydrogens (tertiary/aromatic N) is 2. The molecule has 0 aromatic carbocycles. The maximum atomic E-state index is 11.2. The summed E-state index contributed by atoms with van der Waals surface area (Å²) in [5.74, 6) is -0.0820. The van der Waals surface area contributed by atoms with Crippen LogP contribution in [0.2, 0.25) is 0 Å². The Morgan fingerprint density at radius 1 is 1.36 bits per heavy atom. The number of carbonyl (C=O) groups is 1. The molecule has 0 aliphatic rings. The number of aromatic nitrogens is 2. The molecule has 0 bridgehead atoms. The second-order valence-electron chi connectivity index (χ2n) is 2.39. The number of rotatable bonds is 4. The van der Waals surface area contributed by atoms with Gasteiger partial charge in [-0.15, -0.1) is 0 Å². The van der Waals surface area contributed by atoms with Crippen molar-refractivity contribution in [3.05, 3.63) is 18.1 Å². The smallest absolute Gasteiger partial charge is 0.357 e. The lowest BCUT2D eigenvalue weighted by molar-refractivity contribution is 0.0518. The van der Waals surface area contributed by atoms with E-state index in [2.05, 4.69) is 9.97 Å². The standard InChI is InChI=1S/C9H12N2O3/c1-3-13-8-5-7(10-6-11-8)9(12)14-4-2/h5-6H,3-4H2,1-2H3. The summed E-state index contributed by atoms with van der Waals surface area (Å²) in [5, 5.41) is 0. The molecule has 1 rings (SSSR count). The Hall–Kier alpha value is -1.65. The molecule has 5 heteroatoms. The van der Waals surface area contributed by atoms with Crippen LogP contribution in [0.15, 0.2) is 12.4 Å². The molecule has 0 radical (unpaired) electrons. The van der Waals surface area contributed by atoms with Gasteiger partial charge in [0.15, 0.2) is 5.69 Å². The van der Waals surface area contributed by atoms with Crippen LogP contribution in [0.5, 0.6) is 5.88 Å². The van der Waals surface area contributed by atoms with Gasteiger partial charge in [-0.1, -0.05) is 0 Å². The van der Waals surface area contributed by atoms with Crippen LogP contribution >= 0.6 is 0 Å². The third-order valence-electron chi connectivity index (χ3n) is 1.42. The molecule has 0 N–H and O–H groups in total. The lowest BCUT2D eigenvalue weighted by Gasteiger charge is -2.03.